The van der Waals surface area contributed by atoms with Gasteiger partial charge in [-0.1, -0.05) is 19.1 Å². The van der Waals surface area contributed by atoms with Crippen LogP contribution in [0.25, 0.3) is 16.6 Å². The van der Waals surface area contributed by atoms with Crippen molar-refractivity contribution in [1.82, 2.24) is 19.1 Å². The fourth-order valence-corrected chi connectivity index (χ4v) is 3.92. The largest absolute Gasteiger partial charge is 0.341 e. The van der Waals surface area contributed by atoms with Crippen molar-refractivity contribution >= 4 is 22.5 Å². The lowest BCUT2D eigenvalue weighted by molar-refractivity contribution is -0.134. The van der Waals surface area contributed by atoms with E-state index in [0.29, 0.717) is 12.1 Å². The Kier molecular flexibility index (Phi) is 3.82. The Labute approximate surface area is 145 Å². The number of benzene rings is 1. The summed E-state index contributed by atoms with van der Waals surface area (Å²) in [4.78, 5) is 31.3. The maximum Gasteiger partial charge on any atom is 0.273 e. The highest BCUT2D eigenvalue weighted by atomic mass is 16.2. The van der Waals surface area contributed by atoms with E-state index in [0.717, 1.165) is 42.5 Å². The molecule has 1 fully saturated rings. The summed E-state index contributed by atoms with van der Waals surface area (Å²) >= 11 is 0. The third-order valence-corrected chi connectivity index (χ3v) is 5.08. The predicted molar refractivity (Wildman–Crippen MR) is 96.8 cm³/mol. The van der Waals surface area contributed by atoms with Gasteiger partial charge in [-0.3, -0.25) is 14.3 Å². The van der Waals surface area contributed by atoms with Gasteiger partial charge >= 0.3 is 0 Å². The summed E-state index contributed by atoms with van der Waals surface area (Å²) in [5.41, 5.74) is 2.09. The number of fused-ring (bicyclic) bond motifs is 3. The lowest BCUT2D eigenvalue weighted by atomic mass is 10.2. The zero-order valence-electron chi connectivity index (χ0n) is 14.6. The quantitative estimate of drug-likeness (QED) is 0.737. The SMILES string of the molecule is CC[C@@H](C(=O)N1CCCC1)n1c2ccccc2c2nc(=O)cc(C)n21. The van der Waals surface area contributed by atoms with Crippen LogP contribution in [0.1, 0.15) is 37.9 Å². The van der Waals surface area contributed by atoms with Gasteiger partial charge in [0.05, 0.1) is 5.52 Å². The summed E-state index contributed by atoms with van der Waals surface area (Å²) < 4.78 is 3.95. The van der Waals surface area contributed by atoms with Crippen LogP contribution in [0.3, 0.4) is 0 Å². The number of hydrogen-bond donors (Lipinski definition) is 0. The maximum absolute atomic E-state index is 13.2. The first kappa shape index (κ1) is 15.9. The fraction of sp³-hybridized carbons (Fsp3) is 0.421. The molecule has 6 nitrogen and oxygen atoms in total. The molecule has 2 aromatic heterocycles. The second kappa shape index (κ2) is 6.02. The first-order chi connectivity index (χ1) is 12.1. The van der Waals surface area contributed by atoms with E-state index in [-0.39, 0.29) is 17.5 Å². The van der Waals surface area contributed by atoms with Crippen LogP contribution >= 0.6 is 0 Å². The molecular formula is C19H22N4O2. The van der Waals surface area contributed by atoms with Crippen LogP contribution in [0.5, 0.6) is 0 Å². The summed E-state index contributed by atoms with van der Waals surface area (Å²) in [5, 5.41) is 0.899. The van der Waals surface area contributed by atoms with Gasteiger partial charge in [0.15, 0.2) is 5.65 Å². The molecule has 0 unspecified atom stereocenters. The minimum absolute atomic E-state index is 0.153. The minimum atomic E-state index is -0.302. The molecule has 3 aromatic rings. The van der Waals surface area contributed by atoms with Crippen molar-refractivity contribution in [3.63, 3.8) is 0 Å². The van der Waals surface area contributed by atoms with Crippen LogP contribution in [0.2, 0.25) is 0 Å². The lowest BCUT2D eigenvalue weighted by Gasteiger charge is -2.25. The summed E-state index contributed by atoms with van der Waals surface area (Å²) in [6.07, 6.45) is 2.83. The van der Waals surface area contributed by atoms with Crippen molar-refractivity contribution in [2.24, 2.45) is 0 Å². The van der Waals surface area contributed by atoms with Crippen molar-refractivity contribution in [1.29, 1.82) is 0 Å². The van der Waals surface area contributed by atoms with Gasteiger partial charge in [0.25, 0.3) is 5.56 Å². The van der Waals surface area contributed by atoms with E-state index in [1.165, 1.54) is 6.07 Å². The number of amides is 1. The van der Waals surface area contributed by atoms with E-state index >= 15 is 0 Å². The van der Waals surface area contributed by atoms with Gasteiger partial charge in [0.2, 0.25) is 5.91 Å². The van der Waals surface area contributed by atoms with Gasteiger partial charge < -0.3 is 4.90 Å². The molecule has 0 spiro atoms. The number of nitrogens with zero attached hydrogens (tertiary/aromatic N) is 4. The molecule has 130 valence electrons. The molecule has 0 bridgehead atoms. The highest BCUT2D eigenvalue weighted by Gasteiger charge is 2.29. The molecule has 0 aliphatic carbocycles. The zero-order valence-corrected chi connectivity index (χ0v) is 14.6. The molecular weight excluding hydrogens is 316 g/mol. The van der Waals surface area contributed by atoms with Crippen molar-refractivity contribution in [2.75, 3.05) is 13.1 Å². The Balaban J connectivity index is 2.01. The van der Waals surface area contributed by atoms with Gasteiger partial charge in [-0.05, 0) is 38.3 Å². The van der Waals surface area contributed by atoms with Gasteiger partial charge in [0.1, 0.15) is 6.04 Å². The molecule has 0 saturated carbocycles. The Morgan fingerprint density at radius 1 is 1.24 bits per heavy atom. The number of rotatable bonds is 3. The van der Waals surface area contributed by atoms with Crippen LogP contribution in [-0.4, -0.2) is 38.1 Å². The Morgan fingerprint density at radius 3 is 2.68 bits per heavy atom. The minimum Gasteiger partial charge on any atom is -0.341 e. The van der Waals surface area contributed by atoms with Gasteiger partial charge in [-0.25, -0.2) is 4.52 Å². The number of aromatic nitrogens is 3. The smallest absolute Gasteiger partial charge is 0.273 e. The molecule has 6 heteroatoms. The van der Waals surface area contributed by atoms with Crippen LogP contribution in [0, 0.1) is 6.92 Å². The molecule has 1 aliphatic heterocycles. The number of aryl methyl sites for hydroxylation is 1. The van der Waals surface area contributed by atoms with Crippen LogP contribution in [0.15, 0.2) is 35.1 Å². The van der Waals surface area contributed by atoms with E-state index in [1.807, 2.05) is 52.2 Å². The summed E-state index contributed by atoms with van der Waals surface area (Å²) in [7, 11) is 0. The number of carbonyl (C=O) groups is 1. The van der Waals surface area contributed by atoms with Gasteiger partial charge in [-0.2, -0.15) is 4.98 Å². The Bertz CT molecular complexity index is 1010. The lowest BCUT2D eigenvalue weighted by Crippen LogP contribution is -2.36. The van der Waals surface area contributed by atoms with Gasteiger partial charge in [0, 0.05) is 30.2 Å². The van der Waals surface area contributed by atoms with Crippen molar-refractivity contribution in [3.8, 4) is 0 Å². The third kappa shape index (κ3) is 2.44. The monoisotopic (exact) mass is 338 g/mol. The van der Waals surface area contributed by atoms with Crippen molar-refractivity contribution in [2.45, 2.75) is 39.2 Å². The van der Waals surface area contributed by atoms with E-state index in [9.17, 15) is 9.59 Å². The highest BCUT2D eigenvalue weighted by molar-refractivity contribution is 5.94. The number of para-hydroxylation sites is 1. The van der Waals surface area contributed by atoms with Crippen molar-refractivity contribution < 1.29 is 4.79 Å². The number of hydrogen-bond acceptors (Lipinski definition) is 3. The normalized spacial score (nSPS) is 16.0. The highest BCUT2D eigenvalue weighted by Crippen LogP contribution is 2.28. The molecule has 1 amide bonds. The third-order valence-electron chi connectivity index (χ3n) is 5.08. The number of carbonyl (C=O) groups excluding carboxylic acids is 1. The fourth-order valence-electron chi connectivity index (χ4n) is 3.92. The molecule has 0 N–H and O–H groups in total. The van der Waals surface area contributed by atoms with Crippen molar-refractivity contribution in [3.05, 3.63) is 46.4 Å². The summed E-state index contributed by atoms with van der Waals surface area (Å²) in [5.74, 6) is 0.153. The standard InChI is InChI=1S/C19H22N4O2/c1-3-15(19(25)21-10-6-7-11-21)23-16-9-5-4-8-14(16)18-20-17(24)12-13(2)22(18)23/h4-5,8-9,12,15H,3,6-7,10-11H2,1-2H3/t15-/m0/s1. The molecule has 1 aromatic carbocycles. The van der Waals surface area contributed by atoms with E-state index in [2.05, 4.69) is 4.98 Å². The molecule has 4 rings (SSSR count). The molecule has 25 heavy (non-hydrogen) atoms. The van der Waals surface area contributed by atoms with Crippen LogP contribution in [0.4, 0.5) is 0 Å². The molecule has 3 heterocycles. The molecule has 1 aliphatic rings. The van der Waals surface area contributed by atoms with Gasteiger partial charge in [-0.15, -0.1) is 0 Å². The second-order valence-corrected chi connectivity index (χ2v) is 6.69. The first-order valence-corrected chi connectivity index (χ1v) is 8.90. The average Bonchev–Trinajstić information content (AvgIpc) is 3.23. The zero-order chi connectivity index (χ0) is 17.6. The molecule has 1 atom stereocenters. The predicted octanol–water partition coefficient (Wildman–Crippen LogP) is 2.53. The topological polar surface area (TPSA) is 59.6 Å². The Morgan fingerprint density at radius 2 is 1.96 bits per heavy atom. The number of likely N-dealkylation sites (tertiary alicyclic amines) is 1. The summed E-state index contributed by atoms with van der Waals surface area (Å²) in [6, 6.07) is 9.07. The van der Waals surface area contributed by atoms with Crippen LogP contribution < -0.4 is 5.56 Å². The Hall–Kier alpha value is -2.63. The van der Waals surface area contributed by atoms with E-state index < -0.39 is 0 Å². The van der Waals surface area contributed by atoms with Crippen LogP contribution in [-0.2, 0) is 4.79 Å². The maximum atomic E-state index is 13.2. The first-order valence-electron chi connectivity index (χ1n) is 8.90. The second-order valence-electron chi connectivity index (χ2n) is 6.69. The van der Waals surface area contributed by atoms with E-state index in [4.69, 9.17) is 0 Å². The summed E-state index contributed by atoms with van der Waals surface area (Å²) in [6.45, 7) is 5.58. The molecule has 1 saturated heterocycles. The average molecular weight is 338 g/mol. The molecule has 0 radical (unpaired) electrons. The van der Waals surface area contributed by atoms with E-state index in [1.54, 1.807) is 0 Å².